The number of rotatable bonds is 4. The van der Waals surface area contributed by atoms with E-state index >= 15 is 0 Å². The van der Waals surface area contributed by atoms with E-state index in [0.717, 1.165) is 51.6 Å². The molecule has 5 nitrogen and oxygen atoms in total. The fraction of sp³-hybridized carbons (Fsp3) is 0.667. The number of carbonyl (C=O) groups excluding carboxylic acids is 2. The topological polar surface area (TPSA) is 58.6 Å². The van der Waals surface area contributed by atoms with Crippen LogP contribution in [0, 0.1) is 17.7 Å². The average Bonchev–Trinajstić information content (AvgIpc) is 2.72. The van der Waals surface area contributed by atoms with Crippen molar-refractivity contribution in [2.24, 2.45) is 11.8 Å². The SMILES string of the molecule is CC(C)(C)OC(=O)NCC1CCC(C(=O)N2CCC(c3ccc(F)cc3)CC2)CC1. The fourth-order valence-corrected chi connectivity index (χ4v) is 4.58. The van der Waals surface area contributed by atoms with Crippen LogP contribution >= 0.6 is 0 Å². The van der Waals surface area contributed by atoms with Gasteiger partial charge in [-0.05, 0) is 88.8 Å². The van der Waals surface area contributed by atoms with Crippen LogP contribution in [0.15, 0.2) is 24.3 Å². The molecule has 0 unspecified atom stereocenters. The Bertz CT molecular complexity index is 713. The van der Waals surface area contributed by atoms with Crippen LogP contribution in [0.25, 0.3) is 0 Å². The first-order valence-electron chi connectivity index (χ1n) is 11.2. The van der Waals surface area contributed by atoms with Crippen molar-refractivity contribution < 1.29 is 18.7 Å². The number of halogens is 1. The molecule has 0 spiro atoms. The molecule has 0 radical (unpaired) electrons. The summed E-state index contributed by atoms with van der Waals surface area (Å²) in [4.78, 5) is 26.8. The highest BCUT2D eigenvalue weighted by atomic mass is 19.1. The Morgan fingerprint density at radius 2 is 1.63 bits per heavy atom. The Labute approximate surface area is 179 Å². The lowest BCUT2D eigenvalue weighted by molar-refractivity contribution is -0.138. The lowest BCUT2D eigenvalue weighted by Crippen LogP contribution is -2.43. The fourth-order valence-electron chi connectivity index (χ4n) is 4.58. The molecule has 6 heteroatoms. The average molecular weight is 419 g/mol. The second kappa shape index (κ2) is 9.80. The zero-order chi connectivity index (χ0) is 21.7. The molecule has 2 aliphatic rings. The van der Waals surface area contributed by atoms with Gasteiger partial charge in [0.15, 0.2) is 0 Å². The Morgan fingerprint density at radius 1 is 1.03 bits per heavy atom. The van der Waals surface area contributed by atoms with E-state index in [-0.39, 0.29) is 23.7 Å². The molecule has 30 heavy (non-hydrogen) atoms. The van der Waals surface area contributed by atoms with E-state index in [1.54, 1.807) is 0 Å². The molecular weight excluding hydrogens is 383 g/mol. The number of piperidine rings is 1. The van der Waals surface area contributed by atoms with Crippen molar-refractivity contribution in [3.8, 4) is 0 Å². The number of nitrogens with one attached hydrogen (secondary N) is 1. The number of nitrogens with zero attached hydrogens (tertiary/aromatic N) is 1. The van der Waals surface area contributed by atoms with Gasteiger partial charge >= 0.3 is 6.09 Å². The van der Waals surface area contributed by atoms with Crippen molar-refractivity contribution in [3.63, 3.8) is 0 Å². The molecule has 0 bridgehead atoms. The van der Waals surface area contributed by atoms with Crippen LogP contribution < -0.4 is 5.32 Å². The van der Waals surface area contributed by atoms with Crippen molar-refractivity contribution in [2.75, 3.05) is 19.6 Å². The monoisotopic (exact) mass is 418 g/mol. The van der Waals surface area contributed by atoms with E-state index in [0.29, 0.717) is 18.4 Å². The van der Waals surface area contributed by atoms with E-state index in [9.17, 15) is 14.0 Å². The maximum absolute atomic E-state index is 13.1. The normalized spacial score (nSPS) is 23.1. The molecule has 1 aliphatic heterocycles. The van der Waals surface area contributed by atoms with Crippen LogP contribution in [0.4, 0.5) is 9.18 Å². The van der Waals surface area contributed by atoms with Crippen molar-refractivity contribution in [1.29, 1.82) is 0 Å². The molecule has 1 aliphatic carbocycles. The molecule has 1 saturated heterocycles. The van der Waals surface area contributed by atoms with Gasteiger partial charge in [-0.2, -0.15) is 0 Å². The lowest BCUT2D eigenvalue weighted by Gasteiger charge is -2.36. The highest BCUT2D eigenvalue weighted by Gasteiger charge is 2.32. The van der Waals surface area contributed by atoms with Gasteiger partial charge in [-0.1, -0.05) is 12.1 Å². The molecule has 1 aromatic rings. The summed E-state index contributed by atoms with van der Waals surface area (Å²) in [5.74, 6) is 0.995. The number of hydrogen-bond donors (Lipinski definition) is 1. The van der Waals surface area contributed by atoms with Gasteiger partial charge in [-0.3, -0.25) is 4.79 Å². The van der Waals surface area contributed by atoms with Gasteiger partial charge in [0.1, 0.15) is 11.4 Å². The van der Waals surface area contributed by atoms with Gasteiger partial charge in [0.2, 0.25) is 5.91 Å². The van der Waals surface area contributed by atoms with Gasteiger partial charge in [-0.25, -0.2) is 9.18 Å². The molecule has 1 N–H and O–H groups in total. The largest absolute Gasteiger partial charge is 0.444 e. The van der Waals surface area contributed by atoms with E-state index in [2.05, 4.69) is 5.32 Å². The first kappa shape index (κ1) is 22.6. The molecule has 166 valence electrons. The molecule has 0 atom stereocenters. The molecule has 1 aromatic carbocycles. The summed E-state index contributed by atoms with van der Waals surface area (Å²) >= 11 is 0. The second-order valence-electron chi connectivity index (χ2n) is 9.75. The summed E-state index contributed by atoms with van der Waals surface area (Å²) in [6, 6.07) is 6.76. The third-order valence-corrected chi connectivity index (χ3v) is 6.28. The number of alkyl carbamates (subject to hydrolysis) is 1. The minimum absolute atomic E-state index is 0.102. The first-order chi connectivity index (χ1) is 14.2. The van der Waals surface area contributed by atoms with Gasteiger partial charge in [0.25, 0.3) is 0 Å². The third-order valence-electron chi connectivity index (χ3n) is 6.28. The van der Waals surface area contributed by atoms with Crippen LogP contribution in [0.5, 0.6) is 0 Å². The van der Waals surface area contributed by atoms with Crippen LogP contribution in [0.2, 0.25) is 0 Å². The van der Waals surface area contributed by atoms with Crippen LogP contribution in [-0.4, -0.2) is 42.1 Å². The highest BCUT2D eigenvalue weighted by molar-refractivity contribution is 5.79. The summed E-state index contributed by atoms with van der Waals surface area (Å²) in [6.45, 7) is 7.73. The number of likely N-dealkylation sites (tertiary alicyclic amines) is 1. The molecule has 1 heterocycles. The van der Waals surface area contributed by atoms with Gasteiger partial charge in [-0.15, -0.1) is 0 Å². The van der Waals surface area contributed by atoms with Crippen molar-refractivity contribution in [1.82, 2.24) is 10.2 Å². The number of hydrogen-bond acceptors (Lipinski definition) is 3. The third kappa shape index (κ3) is 6.44. The van der Waals surface area contributed by atoms with E-state index < -0.39 is 5.60 Å². The van der Waals surface area contributed by atoms with Gasteiger partial charge in [0.05, 0.1) is 0 Å². The molecule has 0 aromatic heterocycles. The lowest BCUT2D eigenvalue weighted by atomic mass is 9.80. The summed E-state index contributed by atoms with van der Waals surface area (Å²) in [7, 11) is 0. The summed E-state index contributed by atoms with van der Waals surface area (Å²) < 4.78 is 18.4. The predicted molar refractivity (Wildman–Crippen MR) is 115 cm³/mol. The predicted octanol–water partition coefficient (Wildman–Crippen LogP) is 4.86. The van der Waals surface area contributed by atoms with E-state index in [1.807, 2.05) is 37.8 Å². The molecular formula is C24H35FN2O3. The number of benzene rings is 1. The standard InChI is InChI=1S/C24H35FN2O3/c1-24(2,3)30-23(29)26-16-17-4-6-20(7-5-17)22(28)27-14-12-19(13-15-27)18-8-10-21(25)11-9-18/h8-11,17,19-20H,4-7,12-16H2,1-3H3,(H,26,29). The maximum atomic E-state index is 13.1. The Balaban J connectivity index is 1.38. The Morgan fingerprint density at radius 3 is 2.20 bits per heavy atom. The molecule has 3 rings (SSSR count). The minimum Gasteiger partial charge on any atom is -0.444 e. The summed E-state index contributed by atoms with van der Waals surface area (Å²) in [5, 5.41) is 2.86. The molecule has 1 saturated carbocycles. The molecule has 2 amide bonds. The number of ether oxygens (including phenoxy) is 1. The minimum atomic E-state index is -0.488. The van der Waals surface area contributed by atoms with Crippen molar-refractivity contribution in [2.45, 2.75) is 70.8 Å². The van der Waals surface area contributed by atoms with E-state index in [1.165, 1.54) is 17.7 Å². The summed E-state index contributed by atoms with van der Waals surface area (Å²) in [5.41, 5.74) is 0.680. The van der Waals surface area contributed by atoms with Crippen LogP contribution in [0.3, 0.4) is 0 Å². The zero-order valence-corrected chi connectivity index (χ0v) is 18.5. The first-order valence-corrected chi connectivity index (χ1v) is 11.2. The number of amides is 2. The van der Waals surface area contributed by atoms with Crippen molar-refractivity contribution >= 4 is 12.0 Å². The Kier molecular flexibility index (Phi) is 7.37. The van der Waals surface area contributed by atoms with E-state index in [4.69, 9.17) is 4.74 Å². The Hall–Kier alpha value is -2.11. The zero-order valence-electron chi connectivity index (χ0n) is 18.5. The smallest absolute Gasteiger partial charge is 0.407 e. The van der Waals surface area contributed by atoms with Crippen LogP contribution in [0.1, 0.15) is 70.8 Å². The quantitative estimate of drug-likeness (QED) is 0.759. The highest BCUT2D eigenvalue weighted by Crippen LogP contribution is 2.33. The maximum Gasteiger partial charge on any atom is 0.407 e. The second-order valence-corrected chi connectivity index (χ2v) is 9.75. The number of carbonyl (C=O) groups is 2. The van der Waals surface area contributed by atoms with Gasteiger partial charge in [0, 0.05) is 25.6 Å². The summed E-state index contributed by atoms with van der Waals surface area (Å²) in [6.07, 6.45) is 5.19. The van der Waals surface area contributed by atoms with Crippen molar-refractivity contribution in [3.05, 3.63) is 35.6 Å². The van der Waals surface area contributed by atoms with Crippen LogP contribution in [-0.2, 0) is 9.53 Å². The van der Waals surface area contributed by atoms with Gasteiger partial charge < -0.3 is 15.0 Å². The molecule has 2 fully saturated rings.